The highest BCUT2D eigenvalue weighted by molar-refractivity contribution is 5.34. The minimum Gasteiger partial charge on any atom is -0.387 e. The number of nitrogens with one attached hydrogen (secondary N) is 1. The normalized spacial score (nSPS) is 21.3. The maximum Gasteiger partial charge on any atom is 0.0914 e. The Balaban J connectivity index is 1.60. The van der Waals surface area contributed by atoms with E-state index in [2.05, 4.69) is 23.5 Å². The molecular formula is C17H25NO. The molecule has 0 saturated heterocycles. The van der Waals surface area contributed by atoms with Crippen LogP contribution < -0.4 is 5.32 Å². The summed E-state index contributed by atoms with van der Waals surface area (Å²) in [6.45, 7) is 0.698. The molecule has 1 atom stereocenters. The van der Waals surface area contributed by atoms with Crippen LogP contribution in [0.2, 0.25) is 0 Å². The van der Waals surface area contributed by atoms with Crippen molar-refractivity contribution < 1.29 is 5.11 Å². The van der Waals surface area contributed by atoms with Gasteiger partial charge in [-0.25, -0.2) is 0 Å². The molecule has 2 N–H and O–H groups in total. The van der Waals surface area contributed by atoms with Crippen LogP contribution in [0.15, 0.2) is 18.2 Å². The van der Waals surface area contributed by atoms with Crippen LogP contribution in [-0.2, 0) is 12.8 Å². The van der Waals surface area contributed by atoms with Gasteiger partial charge in [-0.15, -0.1) is 0 Å². The third kappa shape index (κ3) is 3.18. The molecule has 1 unspecified atom stereocenters. The van der Waals surface area contributed by atoms with Crippen molar-refractivity contribution in [3.8, 4) is 0 Å². The van der Waals surface area contributed by atoms with E-state index in [4.69, 9.17) is 0 Å². The molecule has 0 bridgehead atoms. The van der Waals surface area contributed by atoms with E-state index in [1.807, 2.05) is 0 Å². The van der Waals surface area contributed by atoms with Crippen LogP contribution in [0.5, 0.6) is 0 Å². The van der Waals surface area contributed by atoms with Crippen molar-refractivity contribution in [1.82, 2.24) is 5.32 Å². The number of aryl methyl sites for hydroxylation is 2. The highest BCUT2D eigenvalue weighted by Crippen LogP contribution is 2.25. The number of hydrogen-bond acceptors (Lipinski definition) is 2. The Morgan fingerprint density at radius 1 is 1.05 bits per heavy atom. The van der Waals surface area contributed by atoms with Gasteiger partial charge in [0, 0.05) is 12.6 Å². The maximum absolute atomic E-state index is 10.3. The van der Waals surface area contributed by atoms with E-state index in [-0.39, 0.29) is 6.10 Å². The van der Waals surface area contributed by atoms with Crippen LogP contribution in [0, 0.1) is 0 Å². The fourth-order valence-corrected chi connectivity index (χ4v) is 3.49. The minimum absolute atomic E-state index is 0.354. The van der Waals surface area contributed by atoms with E-state index in [1.54, 1.807) is 0 Å². The molecule has 2 aliphatic carbocycles. The zero-order chi connectivity index (χ0) is 13.1. The molecule has 2 heteroatoms. The molecule has 2 nitrogen and oxygen atoms in total. The monoisotopic (exact) mass is 259 g/mol. The summed E-state index contributed by atoms with van der Waals surface area (Å²) < 4.78 is 0. The molecule has 0 radical (unpaired) electrons. The average molecular weight is 259 g/mol. The van der Waals surface area contributed by atoms with Gasteiger partial charge >= 0.3 is 0 Å². The number of benzene rings is 1. The second-order valence-corrected chi connectivity index (χ2v) is 6.14. The molecule has 1 aromatic carbocycles. The Morgan fingerprint density at radius 3 is 2.58 bits per heavy atom. The van der Waals surface area contributed by atoms with E-state index in [1.165, 1.54) is 62.5 Å². The summed E-state index contributed by atoms with van der Waals surface area (Å²) in [6.07, 6.45) is 9.89. The summed E-state index contributed by atoms with van der Waals surface area (Å²) in [5.41, 5.74) is 4.04. The van der Waals surface area contributed by atoms with Gasteiger partial charge in [-0.3, -0.25) is 0 Å². The van der Waals surface area contributed by atoms with Gasteiger partial charge in [-0.1, -0.05) is 31.0 Å². The molecule has 3 rings (SSSR count). The van der Waals surface area contributed by atoms with Crippen LogP contribution in [0.4, 0.5) is 0 Å². The Bertz CT molecular complexity index is 423. The van der Waals surface area contributed by atoms with Gasteiger partial charge in [0.1, 0.15) is 0 Å². The SMILES string of the molecule is OC(CNC1CCCC1)c1ccc2c(c1)CCCC2. The van der Waals surface area contributed by atoms with E-state index in [0.717, 1.165) is 5.56 Å². The first-order valence-corrected chi connectivity index (χ1v) is 7.86. The highest BCUT2D eigenvalue weighted by atomic mass is 16.3. The minimum atomic E-state index is -0.354. The third-order valence-corrected chi connectivity index (χ3v) is 4.71. The predicted molar refractivity (Wildman–Crippen MR) is 78.3 cm³/mol. The smallest absolute Gasteiger partial charge is 0.0914 e. The molecule has 0 aromatic heterocycles. The Morgan fingerprint density at radius 2 is 1.79 bits per heavy atom. The van der Waals surface area contributed by atoms with Crippen molar-refractivity contribution in [2.75, 3.05) is 6.54 Å². The summed E-state index contributed by atoms with van der Waals surface area (Å²) in [6, 6.07) is 7.20. The molecule has 0 amide bonds. The average Bonchev–Trinajstić information content (AvgIpc) is 2.97. The first-order chi connectivity index (χ1) is 9.33. The lowest BCUT2D eigenvalue weighted by Crippen LogP contribution is -2.30. The second-order valence-electron chi connectivity index (χ2n) is 6.14. The molecule has 0 heterocycles. The van der Waals surface area contributed by atoms with Gasteiger partial charge in [0.15, 0.2) is 0 Å². The topological polar surface area (TPSA) is 32.3 Å². The van der Waals surface area contributed by atoms with Crippen molar-refractivity contribution in [2.24, 2.45) is 0 Å². The lowest BCUT2D eigenvalue weighted by atomic mass is 9.89. The van der Waals surface area contributed by atoms with Gasteiger partial charge < -0.3 is 10.4 Å². The maximum atomic E-state index is 10.3. The standard InChI is InChI=1S/C17H25NO/c19-17(12-18-16-7-3-4-8-16)15-10-9-13-5-1-2-6-14(13)11-15/h9-11,16-19H,1-8,12H2. The first-order valence-electron chi connectivity index (χ1n) is 7.86. The van der Waals surface area contributed by atoms with Gasteiger partial charge in [0.25, 0.3) is 0 Å². The fraction of sp³-hybridized carbons (Fsp3) is 0.647. The molecular weight excluding hydrogens is 234 g/mol. The van der Waals surface area contributed by atoms with Crippen LogP contribution in [-0.4, -0.2) is 17.7 Å². The van der Waals surface area contributed by atoms with Crippen molar-refractivity contribution in [2.45, 2.75) is 63.5 Å². The summed E-state index contributed by atoms with van der Waals surface area (Å²) in [5, 5.41) is 13.8. The summed E-state index contributed by atoms with van der Waals surface area (Å²) in [4.78, 5) is 0. The van der Waals surface area contributed by atoms with Gasteiger partial charge in [-0.2, -0.15) is 0 Å². The zero-order valence-corrected chi connectivity index (χ0v) is 11.7. The van der Waals surface area contributed by atoms with Gasteiger partial charge in [-0.05, 0) is 55.2 Å². The Hall–Kier alpha value is -0.860. The van der Waals surface area contributed by atoms with Crippen LogP contribution in [0.1, 0.15) is 61.3 Å². The van der Waals surface area contributed by atoms with E-state index >= 15 is 0 Å². The molecule has 19 heavy (non-hydrogen) atoms. The number of fused-ring (bicyclic) bond motifs is 1. The predicted octanol–water partition coefficient (Wildman–Crippen LogP) is 3.13. The molecule has 0 spiro atoms. The van der Waals surface area contributed by atoms with Crippen LogP contribution in [0.25, 0.3) is 0 Å². The van der Waals surface area contributed by atoms with E-state index in [9.17, 15) is 5.11 Å². The third-order valence-electron chi connectivity index (χ3n) is 4.71. The quantitative estimate of drug-likeness (QED) is 0.870. The molecule has 1 saturated carbocycles. The van der Waals surface area contributed by atoms with E-state index < -0.39 is 0 Å². The van der Waals surface area contributed by atoms with Crippen LogP contribution in [0.3, 0.4) is 0 Å². The summed E-state index contributed by atoms with van der Waals surface area (Å²) >= 11 is 0. The number of aliphatic hydroxyl groups excluding tert-OH is 1. The van der Waals surface area contributed by atoms with Gasteiger partial charge in [0.2, 0.25) is 0 Å². The lowest BCUT2D eigenvalue weighted by molar-refractivity contribution is 0.170. The zero-order valence-electron chi connectivity index (χ0n) is 11.7. The van der Waals surface area contributed by atoms with Crippen molar-refractivity contribution >= 4 is 0 Å². The molecule has 2 aliphatic rings. The fourth-order valence-electron chi connectivity index (χ4n) is 3.49. The Labute approximate surface area is 116 Å². The lowest BCUT2D eigenvalue weighted by Gasteiger charge is -2.20. The van der Waals surface area contributed by atoms with E-state index in [0.29, 0.717) is 12.6 Å². The number of aliphatic hydroxyl groups is 1. The Kier molecular flexibility index (Phi) is 4.19. The van der Waals surface area contributed by atoms with Crippen molar-refractivity contribution in [3.63, 3.8) is 0 Å². The molecule has 104 valence electrons. The van der Waals surface area contributed by atoms with Crippen LogP contribution >= 0.6 is 0 Å². The first kappa shape index (κ1) is 13.1. The number of hydrogen-bond donors (Lipinski definition) is 2. The largest absolute Gasteiger partial charge is 0.387 e. The number of rotatable bonds is 4. The second kappa shape index (κ2) is 6.06. The molecule has 1 aromatic rings. The summed E-state index contributed by atoms with van der Waals surface area (Å²) in [7, 11) is 0. The summed E-state index contributed by atoms with van der Waals surface area (Å²) in [5.74, 6) is 0. The van der Waals surface area contributed by atoms with Crippen molar-refractivity contribution in [1.29, 1.82) is 0 Å². The molecule has 0 aliphatic heterocycles. The molecule has 1 fully saturated rings. The van der Waals surface area contributed by atoms with Crippen molar-refractivity contribution in [3.05, 3.63) is 34.9 Å². The highest BCUT2D eigenvalue weighted by Gasteiger charge is 2.17. The van der Waals surface area contributed by atoms with Gasteiger partial charge in [0.05, 0.1) is 6.10 Å².